The van der Waals surface area contributed by atoms with Crippen molar-refractivity contribution in [2.45, 2.75) is 25.7 Å². The van der Waals surface area contributed by atoms with Gasteiger partial charge in [-0.25, -0.2) is 15.0 Å². The van der Waals surface area contributed by atoms with Gasteiger partial charge in [0.05, 0.1) is 0 Å². The fraction of sp³-hybridized carbons (Fsp3) is 0.0635. The summed E-state index contributed by atoms with van der Waals surface area (Å²) in [5, 5.41) is 0. The Morgan fingerprint density at radius 1 is 0.258 bits per heavy atom. The van der Waals surface area contributed by atoms with Crippen LogP contribution >= 0.6 is 0 Å². The van der Waals surface area contributed by atoms with Crippen molar-refractivity contribution < 1.29 is 0 Å². The van der Waals surface area contributed by atoms with Gasteiger partial charge in [-0.2, -0.15) is 0 Å². The zero-order valence-electron chi connectivity index (χ0n) is 36.7. The second-order valence-electron chi connectivity index (χ2n) is 16.9. The predicted octanol–water partition coefficient (Wildman–Crippen LogP) is 16.7. The highest BCUT2D eigenvalue weighted by Crippen LogP contribution is 2.49. The van der Waals surface area contributed by atoms with Crippen LogP contribution in [0.4, 0.5) is 0 Å². The summed E-state index contributed by atoms with van der Waals surface area (Å²) < 4.78 is 0. The highest BCUT2D eigenvalue weighted by molar-refractivity contribution is 6.06. The van der Waals surface area contributed by atoms with Crippen LogP contribution in [0.1, 0.15) is 37.1 Å². The minimum absolute atomic E-state index is 0.658. The molecule has 2 aliphatic carbocycles. The largest absolute Gasteiger partial charge is 0.208 e. The molecular weight excluding hydrogens is 799 g/mol. The van der Waals surface area contributed by atoms with Crippen molar-refractivity contribution in [2.75, 3.05) is 0 Å². The summed E-state index contributed by atoms with van der Waals surface area (Å²) in [5.41, 5.74) is 19.6. The molecule has 0 saturated carbocycles. The highest BCUT2D eigenvalue weighted by atomic mass is 15.0. The van der Waals surface area contributed by atoms with E-state index in [1.54, 1.807) is 0 Å². The van der Waals surface area contributed by atoms with Gasteiger partial charge in [0.25, 0.3) is 0 Å². The molecule has 9 aromatic rings. The summed E-state index contributed by atoms with van der Waals surface area (Å²) in [6.45, 7) is 0. The second kappa shape index (κ2) is 18.4. The zero-order chi connectivity index (χ0) is 44.1. The molecule has 0 radical (unpaired) electrons. The summed E-state index contributed by atoms with van der Waals surface area (Å²) in [7, 11) is 0. The molecule has 1 aromatic heterocycles. The molecule has 1 heterocycles. The number of aromatic nitrogens is 3. The van der Waals surface area contributed by atoms with E-state index in [1.807, 2.05) is 18.2 Å². The second-order valence-corrected chi connectivity index (χ2v) is 16.9. The maximum atomic E-state index is 5.06. The first-order valence-corrected chi connectivity index (χ1v) is 23.0. The molecule has 0 unspecified atom stereocenters. The first-order valence-electron chi connectivity index (χ1n) is 23.0. The molecule has 2 aliphatic rings. The van der Waals surface area contributed by atoms with Gasteiger partial charge >= 0.3 is 0 Å². The van der Waals surface area contributed by atoms with Crippen LogP contribution in [0.3, 0.4) is 0 Å². The molecule has 3 nitrogen and oxygen atoms in total. The van der Waals surface area contributed by atoms with Crippen LogP contribution in [0.5, 0.6) is 0 Å². The van der Waals surface area contributed by atoms with Crippen molar-refractivity contribution in [3.63, 3.8) is 0 Å². The SMILES string of the molecule is C1=CC(c2nc(-c3ccccc3)nc(-c3cccc(-c4cccc(-c5cccc(-c6cc(-c7ccccc7)c(-c7ccccc7)c(C7=CCCC=C7)c6-c6ccccc6)c5)c4)c3)n2)=CCC1. The van der Waals surface area contributed by atoms with Crippen molar-refractivity contribution >= 4 is 11.1 Å². The maximum Gasteiger partial charge on any atom is 0.164 e. The molecule has 0 atom stereocenters. The predicted molar refractivity (Wildman–Crippen MR) is 276 cm³/mol. The lowest BCUT2D eigenvalue weighted by molar-refractivity contribution is 1.01. The van der Waals surface area contributed by atoms with Crippen LogP contribution in [-0.4, -0.2) is 15.0 Å². The van der Waals surface area contributed by atoms with E-state index in [1.165, 1.54) is 55.6 Å². The number of allylic oxidation sites excluding steroid dienone is 8. The van der Waals surface area contributed by atoms with E-state index >= 15 is 0 Å². The van der Waals surface area contributed by atoms with Gasteiger partial charge in [-0.05, 0) is 128 Å². The average Bonchev–Trinajstić information content (AvgIpc) is 3.41. The summed E-state index contributed by atoms with van der Waals surface area (Å²) in [6.07, 6.45) is 17.7. The Morgan fingerprint density at radius 2 is 0.636 bits per heavy atom. The molecule has 0 N–H and O–H groups in total. The Hall–Kier alpha value is -8.27. The van der Waals surface area contributed by atoms with Crippen LogP contribution in [0.25, 0.3) is 101 Å². The normalized spacial score (nSPS) is 13.3. The summed E-state index contributed by atoms with van der Waals surface area (Å²) in [4.78, 5) is 15.0. The third kappa shape index (κ3) is 8.31. The van der Waals surface area contributed by atoms with Gasteiger partial charge in [0.2, 0.25) is 0 Å². The number of nitrogens with zero attached hydrogens (tertiary/aromatic N) is 3. The first kappa shape index (κ1) is 40.5. The third-order valence-corrected chi connectivity index (χ3v) is 12.6. The third-order valence-electron chi connectivity index (χ3n) is 12.6. The van der Waals surface area contributed by atoms with Crippen LogP contribution in [0.15, 0.2) is 237 Å². The van der Waals surface area contributed by atoms with E-state index in [0.29, 0.717) is 17.5 Å². The molecule has 8 aromatic carbocycles. The first-order chi connectivity index (χ1) is 32.7. The fourth-order valence-corrected chi connectivity index (χ4v) is 9.36. The topological polar surface area (TPSA) is 38.7 Å². The molecule has 66 heavy (non-hydrogen) atoms. The number of hydrogen-bond donors (Lipinski definition) is 0. The monoisotopic (exact) mass is 845 g/mol. The zero-order valence-corrected chi connectivity index (χ0v) is 36.7. The minimum atomic E-state index is 0.658. The molecule has 314 valence electrons. The lowest BCUT2D eigenvalue weighted by atomic mass is 9.77. The van der Waals surface area contributed by atoms with Gasteiger partial charge in [-0.3, -0.25) is 0 Å². The Balaban J connectivity index is 1.04. The van der Waals surface area contributed by atoms with Crippen LogP contribution in [-0.2, 0) is 0 Å². The van der Waals surface area contributed by atoms with E-state index in [4.69, 9.17) is 15.0 Å². The Kier molecular flexibility index (Phi) is 11.3. The molecule has 11 rings (SSSR count). The van der Waals surface area contributed by atoms with Crippen molar-refractivity contribution in [2.24, 2.45) is 0 Å². The van der Waals surface area contributed by atoms with Crippen molar-refractivity contribution in [1.29, 1.82) is 0 Å². The van der Waals surface area contributed by atoms with Crippen LogP contribution < -0.4 is 0 Å². The van der Waals surface area contributed by atoms with Gasteiger partial charge in [0.15, 0.2) is 17.5 Å². The lowest BCUT2D eigenvalue weighted by Crippen LogP contribution is -2.03. The Morgan fingerprint density at radius 3 is 1.15 bits per heavy atom. The number of hydrogen-bond acceptors (Lipinski definition) is 3. The summed E-state index contributed by atoms with van der Waals surface area (Å²) >= 11 is 0. The Bertz CT molecular complexity index is 3330. The van der Waals surface area contributed by atoms with Gasteiger partial charge in [-0.1, -0.05) is 212 Å². The van der Waals surface area contributed by atoms with E-state index in [0.717, 1.165) is 64.6 Å². The van der Waals surface area contributed by atoms with E-state index < -0.39 is 0 Å². The number of rotatable bonds is 10. The van der Waals surface area contributed by atoms with Crippen LogP contribution in [0, 0.1) is 0 Å². The maximum absolute atomic E-state index is 5.06. The molecule has 0 spiro atoms. The average molecular weight is 846 g/mol. The van der Waals surface area contributed by atoms with Gasteiger partial charge in [-0.15, -0.1) is 0 Å². The molecule has 0 bridgehead atoms. The van der Waals surface area contributed by atoms with E-state index in [9.17, 15) is 0 Å². The smallest absolute Gasteiger partial charge is 0.164 e. The van der Waals surface area contributed by atoms with E-state index in [2.05, 4.69) is 218 Å². The summed E-state index contributed by atoms with van der Waals surface area (Å²) in [5.74, 6) is 2.02. The molecule has 0 amide bonds. The Labute approximate surface area is 387 Å². The molecule has 0 saturated heterocycles. The van der Waals surface area contributed by atoms with Gasteiger partial charge in [0.1, 0.15) is 0 Å². The fourth-order valence-electron chi connectivity index (χ4n) is 9.36. The molecular formula is C63H47N3. The van der Waals surface area contributed by atoms with Gasteiger partial charge < -0.3 is 0 Å². The lowest BCUT2D eigenvalue weighted by Gasteiger charge is -2.25. The van der Waals surface area contributed by atoms with Crippen molar-refractivity contribution in [3.8, 4) is 89.5 Å². The molecule has 0 aliphatic heterocycles. The standard InChI is InChI=1S/C63H47N3/c1-7-22-44(23-8-1)56-43-57(59(46-26-11-3-12-27-46)60(47-28-13-4-14-29-47)58(56)45-24-9-2-10-25-45)54-38-20-36-52(41-54)50-34-19-35-51(40-50)53-37-21-39-55(42-53)63-65-61(48-30-15-5-16-31-48)64-62(66-63)49-32-17-6-18-33-49/h1-3,5,7-13,15-17,19-43H,4,6,14,18H2. The molecule has 0 fully saturated rings. The van der Waals surface area contributed by atoms with Crippen molar-refractivity contribution in [3.05, 3.63) is 248 Å². The highest BCUT2D eigenvalue weighted by Gasteiger charge is 2.25. The van der Waals surface area contributed by atoms with E-state index in [-0.39, 0.29) is 0 Å². The number of benzene rings is 8. The van der Waals surface area contributed by atoms with Gasteiger partial charge in [0, 0.05) is 16.7 Å². The quantitative estimate of drug-likeness (QED) is 0.138. The molecule has 3 heteroatoms. The van der Waals surface area contributed by atoms with Crippen molar-refractivity contribution in [1.82, 2.24) is 15.0 Å². The summed E-state index contributed by atoms with van der Waals surface area (Å²) in [6, 6.07) is 71.9. The van der Waals surface area contributed by atoms with Crippen LogP contribution in [0.2, 0.25) is 0 Å². The minimum Gasteiger partial charge on any atom is -0.208 e.